The van der Waals surface area contributed by atoms with Crippen molar-refractivity contribution in [3.05, 3.63) is 125 Å². The number of benzene rings is 4. The lowest BCUT2D eigenvalue weighted by Gasteiger charge is -2.10. The summed E-state index contributed by atoms with van der Waals surface area (Å²) in [7, 11) is 0. The van der Waals surface area contributed by atoms with Crippen molar-refractivity contribution in [3.8, 4) is 28.2 Å². The highest BCUT2D eigenvalue weighted by Gasteiger charge is 2.22. The Morgan fingerprint density at radius 3 is 2.24 bits per heavy atom. The molecule has 0 bridgehead atoms. The van der Waals surface area contributed by atoms with Gasteiger partial charge in [-0.05, 0) is 48.7 Å². The van der Waals surface area contributed by atoms with Crippen LogP contribution >= 0.6 is 11.6 Å². The van der Waals surface area contributed by atoms with Crippen LogP contribution in [-0.4, -0.2) is 33.1 Å². The van der Waals surface area contributed by atoms with E-state index in [1.54, 1.807) is 22.9 Å². The van der Waals surface area contributed by atoms with E-state index in [9.17, 15) is 9.59 Å². The number of aryl methyl sites for hydroxylation is 1. The van der Waals surface area contributed by atoms with Crippen molar-refractivity contribution in [2.45, 2.75) is 13.8 Å². The van der Waals surface area contributed by atoms with Crippen molar-refractivity contribution in [1.29, 1.82) is 0 Å². The third-order valence-electron chi connectivity index (χ3n) is 6.18. The molecule has 1 heterocycles. The van der Waals surface area contributed by atoms with Crippen molar-refractivity contribution in [2.75, 3.05) is 6.61 Å². The number of carbonyl (C=O) groups is 2. The third kappa shape index (κ3) is 5.26. The lowest BCUT2D eigenvalue weighted by molar-refractivity contribution is 0.0462. The number of halogens is 1. The number of rotatable bonds is 7. The maximum Gasteiger partial charge on any atom is 0.378 e. The highest BCUT2D eigenvalue weighted by atomic mass is 35.5. The van der Waals surface area contributed by atoms with Gasteiger partial charge < -0.3 is 4.74 Å². The van der Waals surface area contributed by atoms with Gasteiger partial charge in [0.2, 0.25) is 0 Å². The molecule has 0 aliphatic rings. The molecular formula is C31H24ClN3O3. The van der Waals surface area contributed by atoms with Gasteiger partial charge in [-0.1, -0.05) is 96.0 Å². The van der Waals surface area contributed by atoms with Gasteiger partial charge >= 0.3 is 5.97 Å². The van der Waals surface area contributed by atoms with E-state index in [4.69, 9.17) is 16.3 Å². The first-order chi connectivity index (χ1) is 18.4. The fraction of sp³-hybridized carbons (Fsp3) is 0.0968. The van der Waals surface area contributed by atoms with Crippen LogP contribution in [0.15, 0.2) is 97.1 Å². The first kappa shape index (κ1) is 25.1. The molecule has 0 saturated carbocycles. The second-order valence-corrected chi connectivity index (χ2v) is 9.27. The Balaban J connectivity index is 1.37. The van der Waals surface area contributed by atoms with E-state index in [0.717, 1.165) is 27.8 Å². The predicted molar refractivity (Wildman–Crippen MR) is 148 cm³/mol. The van der Waals surface area contributed by atoms with Crippen LogP contribution in [0.25, 0.3) is 28.2 Å². The van der Waals surface area contributed by atoms with E-state index in [1.165, 1.54) is 0 Å². The number of esters is 1. The van der Waals surface area contributed by atoms with Crippen LogP contribution in [0.4, 0.5) is 0 Å². The molecule has 5 rings (SSSR count). The minimum atomic E-state index is -0.786. The second-order valence-electron chi connectivity index (χ2n) is 8.87. The summed E-state index contributed by atoms with van der Waals surface area (Å²) in [5.74, 6) is -0.782. The Labute approximate surface area is 225 Å². The molecule has 0 aliphatic heterocycles. The zero-order valence-corrected chi connectivity index (χ0v) is 21.6. The molecule has 0 N–H and O–H groups in total. The van der Waals surface area contributed by atoms with E-state index < -0.39 is 12.6 Å². The summed E-state index contributed by atoms with van der Waals surface area (Å²) >= 11 is 6.35. The molecule has 38 heavy (non-hydrogen) atoms. The standard InChI is InChI=1S/C31H24ClN3O3/c1-20-8-6-11-25(18-20)30-33-29(34-35(30)27-13-7-12-26(32)21(27)2)31(37)38-19-28(36)24-16-14-23(15-17-24)22-9-4-3-5-10-22/h3-18H,19H2,1-2H3. The SMILES string of the molecule is Cc1cccc(-c2nc(C(=O)OCC(=O)c3ccc(-c4ccccc4)cc3)nn2-c2cccc(Cl)c2C)c1. The average Bonchev–Trinajstić information content (AvgIpc) is 3.39. The Morgan fingerprint density at radius 1 is 0.816 bits per heavy atom. The fourth-order valence-corrected chi connectivity index (χ4v) is 4.29. The molecule has 7 heteroatoms. The molecule has 0 radical (unpaired) electrons. The number of nitrogens with zero attached hydrogens (tertiary/aromatic N) is 3. The van der Waals surface area contributed by atoms with Crippen molar-refractivity contribution in [1.82, 2.24) is 14.8 Å². The maximum atomic E-state index is 12.9. The van der Waals surface area contributed by atoms with Gasteiger partial charge in [0.05, 0.1) is 5.69 Å². The molecule has 0 fully saturated rings. The summed E-state index contributed by atoms with van der Waals surface area (Å²) in [5.41, 5.74) is 5.80. The highest BCUT2D eigenvalue weighted by Crippen LogP contribution is 2.27. The number of ketones is 1. The summed E-state index contributed by atoms with van der Waals surface area (Å²) in [6, 6.07) is 30.3. The van der Waals surface area contributed by atoms with Gasteiger partial charge in [-0.15, -0.1) is 5.10 Å². The molecule has 5 aromatic rings. The van der Waals surface area contributed by atoms with Crippen molar-refractivity contribution in [2.24, 2.45) is 0 Å². The van der Waals surface area contributed by atoms with Gasteiger partial charge in [-0.3, -0.25) is 4.79 Å². The first-order valence-corrected chi connectivity index (χ1v) is 12.4. The van der Waals surface area contributed by atoms with Gasteiger partial charge in [0, 0.05) is 16.1 Å². The van der Waals surface area contributed by atoms with Crippen LogP contribution in [0.3, 0.4) is 0 Å². The number of carbonyl (C=O) groups excluding carboxylic acids is 2. The summed E-state index contributed by atoms with van der Waals surface area (Å²) < 4.78 is 6.90. The summed E-state index contributed by atoms with van der Waals surface area (Å²) in [6.45, 7) is 3.43. The molecule has 1 aromatic heterocycles. The topological polar surface area (TPSA) is 74.1 Å². The van der Waals surface area contributed by atoms with Crippen molar-refractivity contribution < 1.29 is 14.3 Å². The van der Waals surface area contributed by atoms with E-state index >= 15 is 0 Å². The molecule has 188 valence electrons. The van der Waals surface area contributed by atoms with Crippen molar-refractivity contribution >= 4 is 23.4 Å². The number of ether oxygens (including phenoxy) is 1. The minimum Gasteiger partial charge on any atom is -0.451 e. The van der Waals surface area contributed by atoms with Crippen molar-refractivity contribution in [3.63, 3.8) is 0 Å². The number of Topliss-reactive ketones (excluding diaryl/α,β-unsaturated/α-hetero) is 1. The Bertz CT molecular complexity index is 1630. The molecule has 0 atom stereocenters. The Hall–Kier alpha value is -4.55. The molecule has 6 nitrogen and oxygen atoms in total. The maximum absolute atomic E-state index is 12.9. The van der Waals surface area contributed by atoms with E-state index in [0.29, 0.717) is 22.1 Å². The highest BCUT2D eigenvalue weighted by molar-refractivity contribution is 6.31. The number of hydrogen-bond acceptors (Lipinski definition) is 5. The normalized spacial score (nSPS) is 10.8. The van der Waals surface area contributed by atoms with Crippen LogP contribution in [0.1, 0.15) is 32.1 Å². The lowest BCUT2D eigenvalue weighted by atomic mass is 10.0. The van der Waals surface area contributed by atoms with Gasteiger partial charge in [-0.25, -0.2) is 14.5 Å². The molecule has 4 aromatic carbocycles. The number of hydrogen-bond donors (Lipinski definition) is 0. The van der Waals surface area contributed by atoms with Crippen LogP contribution in [0.5, 0.6) is 0 Å². The van der Waals surface area contributed by atoms with Gasteiger partial charge in [0.15, 0.2) is 18.2 Å². The smallest absolute Gasteiger partial charge is 0.378 e. The largest absolute Gasteiger partial charge is 0.451 e. The zero-order valence-electron chi connectivity index (χ0n) is 20.9. The molecule has 0 spiro atoms. The monoisotopic (exact) mass is 521 g/mol. The van der Waals surface area contributed by atoms with Gasteiger partial charge in [0.25, 0.3) is 5.82 Å². The fourth-order valence-electron chi connectivity index (χ4n) is 4.12. The van der Waals surface area contributed by atoms with E-state index in [-0.39, 0.29) is 11.6 Å². The Morgan fingerprint density at radius 2 is 1.50 bits per heavy atom. The van der Waals surface area contributed by atoms with Gasteiger partial charge in [-0.2, -0.15) is 0 Å². The third-order valence-corrected chi connectivity index (χ3v) is 6.59. The summed E-state index contributed by atoms with van der Waals surface area (Å²) in [5, 5.41) is 5.02. The van der Waals surface area contributed by atoms with Gasteiger partial charge in [0.1, 0.15) is 0 Å². The Kier molecular flexibility index (Phi) is 7.15. The molecular weight excluding hydrogens is 498 g/mol. The molecule has 0 unspecified atom stereocenters. The lowest BCUT2D eigenvalue weighted by Crippen LogP contribution is -2.15. The van der Waals surface area contributed by atoms with Crippen LogP contribution < -0.4 is 0 Å². The summed E-state index contributed by atoms with van der Waals surface area (Å²) in [4.78, 5) is 30.1. The van der Waals surface area contributed by atoms with Crippen LogP contribution in [0, 0.1) is 13.8 Å². The average molecular weight is 522 g/mol. The van der Waals surface area contributed by atoms with E-state index in [2.05, 4.69) is 10.1 Å². The number of aromatic nitrogens is 3. The first-order valence-electron chi connectivity index (χ1n) is 12.1. The van der Waals surface area contributed by atoms with E-state index in [1.807, 2.05) is 92.7 Å². The summed E-state index contributed by atoms with van der Waals surface area (Å²) in [6.07, 6.45) is 0. The molecule has 0 saturated heterocycles. The molecule has 0 amide bonds. The zero-order chi connectivity index (χ0) is 26.6. The second kappa shape index (κ2) is 10.8. The predicted octanol–water partition coefficient (Wildman–Crippen LogP) is 6.91. The molecule has 0 aliphatic carbocycles. The minimum absolute atomic E-state index is 0.145. The van der Waals surface area contributed by atoms with Crippen LogP contribution in [0.2, 0.25) is 5.02 Å². The quantitative estimate of drug-likeness (QED) is 0.172. The van der Waals surface area contributed by atoms with Crippen LogP contribution in [-0.2, 0) is 4.74 Å².